The third-order valence-corrected chi connectivity index (χ3v) is 7.02. The second kappa shape index (κ2) is 6.19. The number of aryl methyl sites for hydroxylation is 2. The molecule has 2 rings (SSSR count). The van der Waals surface area contributed by atoms with Crippen LogP contribution in [0.15, 0.2) is 34.1 Å². The minimum absolute atomic E-state index is 0.00679. The summed E-state index contributed by atoms with van der Waals surface area (Å²) in [4.78, 5) is 0.0956. The molecule has 1 aromatic heterocycles. The van der Waals surface area contributed by atoms with E-state index in [0.29, 0.717) is 11.4 Å². The molecule has 1 heterocycles. The molecule has 1 aromatic carbocycles. The van der Waals surface area contributed by atoms with E-state index in [-0.39, 0.29) is 15.5 Å². The molecule has 8 nitrogen and oxygen atoms in total. The summed E-state index contributed by atoms with van der Waals surface area (Å²) in [6.07, 6.45) is 0. The Labute approximate surface area is 142 Å². The number of hydrogen-bond donors (Lipinski definition) is 1. The van der Waals surface area contributed by atoms with Crippen molar-refractivity contribution in [1.29, 1.82) is 0 Å². The van der Waals surface area contributed by atoms with E-state index in [9.17, 15) is 16.8 Å². The first kappa shape index (κ1) is 18.4. The van der Waals surface area contributed by atoms with Crippen LogP contribution in [-0.2, 0) is 27.1 Å². The maximum atomic E-state index is 12.6. The minimum Gasteiger partial charge on any atom is -0.279 e. The summed E-state index contributed by atoms with van der Waals surface area (Å²) in [5.41, 5.74) is 1.04. The standard InChI is InChI=1S/C14H20N4O4S2/c1-10-14(11(2)18(5)15-10)23(19,20)16-12-7-6-8-13(9-12)24(21,22)17(3)4/h6-9,16H,1-5H3. The van der Waals surface area contributed by atoms with Gasteiger partial charge in [-0.25, -0.2) is 21.1 Å². The fraction of sp³-hybridized carbons (Fsp3) is 0.357. The first-order chi connectivity index (χ1) is 11.0. The predicted molar refractivity (Wildman–Crippen MR) is 90.8 cm³/mol. The highest BCUT2D eigenvalue weighted by Gasteiger charge is 2.24. The zero-order valence-corrected chi connectivity index (χ0v) is 15.7. The minimum atomic E-state index is -3.88. The Balaban J connectivity index is 2.45. The second-order valence-corrected chi connectivity index (χ2v) is 9.32. The van der Waals surface area contributed by atoms with Crippen molar-refractivity contribution in [3.8, 4) is 0 Å². The van der Waals surface area contributed by atoms with Crippen LogP contribution in [-0.4, -0.2) is 45.0 Å². The average molecular weight is 372 g/mol. The van der Waals surface area contributed by atoms with Crippen molar-refractivity contribution in [2.45, 2.75) is 23.6 Å². The van der Waals surface area contributed by atoms with Gasteiger partial charge in [0.05, 0.1) is 22.0 Å². The van der Waals surface area contributed by atoms with Gasteiger partial charge in [0.25, 0.3) is 10.0 Å². The Morgan fingerprint density at radius 3 is 2.25 bits per heavy atom. The number of nitrogens with zero attached hydrogens (tertiary/aromatic N) is 3. The normalized spacial score (nSPS) is 12.6. The number of anilines is 1. The quantitative estimate of drug-likeness (QED) is 0.846. The van der Waals surface area contributed by atoms with Crippen LogP contribution >= 0.6 is 0 Å². The molecule has 10 heteroatoms. The fourth-order valence-corrected chi connectivity index (χ4v) is 4.72. The lowest BCUT2D eigenvalue weighted by Gasteiger charge is -2.13. The van der Waals surface area contributed by atoms with Gasteiger partial charge in [-0.3, -0.25) is 9.40 Å². The molecule has 0 bridgehead atoms. The lowest BCUT2D eigenvalue weighted by atomic mass is 10.3. The fourth-order valence-electron chi connectivity index (χ4n) is 2.28. The lowest BCUT2D eigenvalue weighted by molar-refractivity contribution is 0.520. The molecule has 24 heavy (non-hydrogen) atoms. The van der Waals surface area contributed by atoms with Gasteiger partial charge >= 0.3 is 0 Å². The van der Waals surface area contributed by atoms with E-state index in [1.807, 2.05) is 0 Å². The largest absolute Gasteiger partial charge is 0.279 e. The first-order valence-electron chi connectivity index (χ1n) is 7.02. The van der Waals surface area contributed by atoms with Crippen LogP contribution < -0.4 is 4.72 Å². The van der Waals surface area contributed by atoms with Crippen LogP contribution in [0.25, 0.3) is 0 Å². The number of aromatic nitrogens is 2. The van der Waals surface area contributed by atoms with Crippen LogP contribution in [0.4, 0.5) is 5.69 Å². The van der Waals surface area contributed by atoms with Crippen LogP contribution in [0.1, 0.15) is 11.4 Å². The van der Waals surface area contributed by atoms with E-state index in [2.05, 4.69) is 9.82 Å². The zero-order valence-electron chi connectivity index (χ0n) is 14.1. The summed E-state index contributed by atoms with van der Waals surface area (Å²) in [5.74, 6) is 0. The van der Waals surface area contributed by atoms with Gasteiger partial charge < -0.3 is 0 Å². The summed E-state index contributed by atoms with van der Waals surface area (Å²) in [6.45, 7) is 3.26. The molecule has 132 valence electrons. The van der Waals surface area contributed by atoms with E-state index >= 15 is 0 Å². The molecule has 0 saturated carbocycles. The van der Waals surface area contributed by atoms with Crippen LogP contribution in [0, 0.1) is 13.8 Å². The summed E-state index contributed by atoms with van der Waals surface area (Å²) in [7, 11) is -3.05. The average Bonchev–Trinajstić information content (AvgIpc) is 2.72. The molecule has 0 fully saturated rings. The Bertz CT molecular complexity index is 976. The smallest absolute Gasteiger partial charge is 0.265 e. The van der Waals surface area contributed by atoms with Gasteiger partial charge in [-0.05, 0) is 32.0 Å². The van der Waals surface area contributed by atoms with Crippen molar-refractivity contribution in [3.05, 3.63) is 35.7 Å². The van der Waals surface area contributed by atoms with E-state index in [1.165, 1.54) is 43.0 Å². The van der Waals surface area contributed by atoms with E-state index < -0.39 is 20.0 Å². The van der Waals surface area contributed by atoms with Gasteiger partial charge in [-0.2, -0.15) is 5.10 Å². The summed E-state index contributed by atoms with van der Waals surface area (Å²) in [5, 5.41) is 4.09. The molecule has 0 spiro atoms. The van der Waals surface area contributed by atoms with Crippen molar-refractivity contribution in [1.82, 2.24) is 14.1 Å². The Hall–Kier alpha value is -1.91. The van der Waals surface area contributed by atoms with Crippen molar-refractivity contribution in [2.24, 2.45) is 7.05 Å². The van der Waals surface area contributed by atoms with Gasteiger partial charge in [0.15, 0.2) is 0 Å². The van der Waals surface area contributed by atoms with E-state index in [4.69, 9.17) is 0 Å². The van der Waals surface area contributed by atoms with Crippen LogP contribution in [0.2, 0.25) is 0 Å². The van der Waals surface area contributed by atoms with Crippen molar-refractivity contribution in [2.75, 3.05) is 18.8 Å². The molecule has 0 radical (unpaired) electrons. The predicted octanol–water partition coefficient (Wildman–Crippen LogP) is 1.09. The summed E-state index contributed by atoms with van der Waals surface area (Å²) < 4.78 is 54.6. The molecule has 1 N–H and O–H groups in total. The van der Waals surface area contributed by atoms with Crippen LogP contribution in [0.5, 0.6) is 0 Å². The molecular formula is C14H20N4O4S2. The molecule has 0 aliphatic heterocycles. The Morgan fingerprint density at radius 2 is 1.75 bits per heavy atom. The van der Waals surface area contributed by atoms with Gasteiger partial charge in [0.2, 0.25) is 10.0 Å². The van der Waals surface area contributed by atoms with Crippen molar-refractivity contribution < 1.29 is 16.8 Å². The molecular weight excluding hydrogens is 352 g/mol. The molecule has 0 amide bonds. The number of hydrogen-bond acceptors (Lipinski definition) is 5. The second-order valence-electron chi connectivity index (χ2n) is 5.54. The topological polar surface area (TPSA) is 101 Å². The number of nitrogens with one attached hydrogen (secondary N) is 1. The van der Waals surface area contributed by atoms with Crippen molar-refractivity contribution >= 4 is 25.7 Å². The number of sulfonamides is 2. The summed E-state index contributed by atoms with van der Waals surface area (Å²) >= 11 is 0. The maximum Gasteiger partial charge on any atom is 0.265 e. The molecule has 0 saturated heterocycles. The molecule has 0 unspecified atom stereocenters. The third-order valence-electron chi connectivity index (χ3n) is 3.58. The zero-order chi connectivity index (χ0) is 18.3. The van der Waals surface area contributed by atoms with Gasteiger partial charge in [-0.1, -0.05) is 6.07 Å². The maximum absolute atomic E-state index is 12.6. The summed E-state index contributed by atoms with van der Waals surface area (Å²) in [6, 6.07) is 5.67. The molecule has 0 aliphatic carbocycles. The Morgan fingerprint density at radius 1 is 1.12 bits per heavy atom. The van der Waals surface area contributed by atoms with E-state index in [0.717, 1.165) is 4.31 Å². The van der Waals surface area contributed by atoms with Crippen LogP contribution in [0.3, 0.4) is 0 Å². The molecule has 0 atom stereocenters. The Kier molecular flexibility index (Phi) is 4.75. The monoisotopic (exact) mass is 372 g/mol. The molecule has 0 aliphatic rings. The van der Waals surface area contributed by atoms with Crippen molar-refractivity contribution in [3.63, 3.8) is 0 Å². The number of benzene rings is 1. The number of rotatable bonds is 5. The lowest BCUT2D eigenvalue weighted by Crippen LogP contribution is -2.22. The molecule has 2 aromatic rings. The van der Waals surface area contributed by atoms with Gasteiger partial charge in [0, 0.05) is 21.1 Å². The highest BCUT2D eigenvalue weighted by Crippen LogP contribution is 2.24. The van der Waals surface area contributed by atoms with Gasteiger partial charge in [0.1, 0.15) is 4.90 Å². The van der Waals surface area contributed by atoms with E-state index in [1.54, 1.807) is 20.9 Å². The highest BCUT2D eigenvalue weighted by atomic mass is 32.2. The first-order valence-corrected chi connectivity index (χ1v) is 9.95. The SMILES string of the molecule is Cc1nn(C)c(C)c1S(=O)(=O)Nc1cccc(S(=O)(=O)N(C)C)c1. The highest BCUT2D eigenvalue weighted by molar-refractivity contribution is 7.92. The van der Waals surface area contributed by atoms with Gasteiger partial charge in [-0.15, -0.1) is 0 Å². The third kappa shape index (κ3) is 3.30.